The predicted octanol–water partition coefficient (Wildman–Crippen LogP) is 8.34. The van der Waals surface area contributed by atoms with Crippen molar-refractivity contribution in [2.24, 2.45) is 5.92 Å². The molecule has 0 bridgehead atoms. The Morgan fingerprint density at radius 1 is 0.918 bits per heavy atom. The van der Waals surface area contributed by atoms with E-state index in [-0.39, 0.29) is 17.5 Å². The lowest BCUT2D eigenvalue weighted by molar-refractivity contribution is -0.137. The van der Waals surface area contributed by atoms with Gasteiger partial charge in [-0.25, -0.2) is 4.98 Å². The Kier molecular flexibility index (Phi) is 9.64. The minimum absolute atomic E-state index is 0.0303. The topological polar surface area (TPSA) is 72.3 Å². The molecule has 1 fully saturated rings. The largest absolute Gasteiger partial charge is 0.439 e. The zero-order valence-corrected chi connectivity index (χ0v) is 26.4. The SMILES string of the molecule is Cc1c(C(=O)NCC(F)(F)F)ccc2nn(CC3CCN(C(c4ccccc4)c4ccc(Oc5ccc(C(F)(F)F)cn5)cc4)CC3)cc12. The monoisotopic (exact) mass is 681 g/mol. The molecule has 1 amide bonds. The number of fused-ring (bicyclic) bond motifs is 1. The van der Waals surface area contributed by atoms with Crippen molar-refractivity contribution in [3.8, 4) is 11.6 Å². The van der Waals surface area contributed by atoms with Crippen LogP contribution in [0.1, 0.15) is 51.5 Å². The van der Waals surface area contributed by atoms with Crippen LogP contribution in [0.4, 0.5) is 26.3 Å². The van der Waals surface area contributed by atoms with E-state index in [9.17, 15) is 31.1 Å². The summed E-state index contributed by atoms with van der Waals surface area (Å²) in [6.45, 7) is 2.62. The van der Waals surface area contributed by atoms with Crippen molar-refractivity contribution in [3.05, 3.63) is 119 Å². The molecule has 49 heavy (non-hydrogen) atoms. The molecule has 0 aliphatic carbocycles. The number of carbonyl (C=O) groups is 1. The Bertz CT molecular complexity index is 1880. The maximum absolute atomic E-state index is 12.9. The first-order valence-electron chi connectivity index (χ1n) is 15.8. The van der Waals surface area contributed by atoms with Crippen LogP contribution in [0.5, 0.6) is 11.6 Å². The van der Waals surface area contributed by atoms with Crippen LogP contribution in [0.3, 0.4) is 0 Å². The molecule has 2 aromatic heterocycles. The third kappa shape index (κ3) is 8.22. The van der Waals surface area contributed by atoms with Crippen molar-refractivity contribution in [3.63, 3.8) is 0 Å². The molecule has 5 aromatic rings. The molecule has 0 saturated carbocycles. The highest BCUT2D eigenvalue weighted by Crippen LogP contribution is 2.35. The van der Waals surface area contributed by atoms with Crippen LogP contribution in [0, 0.1) is 12.8 Å². The molecule has 1 atom stereocenters. The Hall–Kier alpha value is -4.91. The summed E-state index contributed by atoms with van der Waals surface area (Å²) in [4.78, 5) is 18.6. The molecule has 1 saturated heterocycles. The number of aryl methyl sites for hydroxylation is 1. The summed E-state index contributed by atoms with van der Waals surface area (Å²) in [5.41, 5.74) is 2.77. The van der Waals surface area contributed by atoms with Gasteiger partial charge in [0.15, 0.2) is 0 Å². The van der Waals surface area contributed by atoms with Gasteiger partial charge in [-0.1, -0.05) is 42.5 Å². The van der Waals surface area contributed by atoms with Crippen molar-refractivity contribution in [2.75, 3.05) is 19.6 Å². The number of amides is 1. The number of halogens is 6. The first-order valence-corrected chi connectivity index (χ1v) is 15.8. The Balaban J connectivity index is 1.11. The standard InChI is InChI=1S/C36H33F6N5O2/c1-23-29(34(48)44-22-35(37,38)39)12-13-31-30(23)21-47(45-31)20-24-15-17-46(18-16-24)33(25-5-3-2-4-6-25)26-7-10-28(11-8-26)49-32-14-9-27(19-43-32)36(40,41)42/h2-14,19,21,24,33H,15-18,20,22H2,1H3,(H,44,48). The third-order valence-electron chi connectivity index (χ3n) is 8.76. The second kappa shape index (κ2) is 13.9. The Morgan fingerprint density at radius 3 is 2.24 bits per heavy atom. The van der Waals surface area contributed by atoms with Gasteiger partial charge in [0.2, 0.25) is 5.88 Å². The van der Waals surface area contributed by atoms with Gasteiger partial charge in [0.1, 0.15) is 12.3 Å². The normalized spacial score (nSPS) is 15.3. The molecule has 1 unspecified atom stereocenters. The lowest BCUT2D eigenvalue weighted by Gasteiger charge is -2.38. The van der Waals surface area contributed by atoms with Crippen molar-refractivity contribution in [2.45, 2.75) is 44.7 Å². The summed E-state index contributed by atoms with van der Waals surface area (Å²) in [6, 6.07) is 22.9. The van der Waals surface area contributed by atoms with Crippen molar-refractivity contribution >= 4 is 16.8 Å². The number of hydrogen-bond acceptors (Lipinski definition) is 5. The van der Waals surface area contributed by atoms with Crippen LogP contribution in [-0.2, 0) is 12.7 Å². The number of hydrogen-bond donors (Lipinski definition) is 1. The van der Waals surface area contributed by atoms with Crippen LogP contribution in [0.2, 0.25) is 0 Å². The van der Waals surface area contributed by atoms with Crippen molar-refractivity contribution < 1.29 is 35.9 Å². The predicted molar refractivity (Wildman–Crippen MR) is 171 cm³/mol. The van der Waals surface area contributed by atoms with Gasteiger partial charge in [-0.05, 0) is 85.8 Å². The fourth-order valence-corrected chi connectivity index (χ4v) is 6.25. The van der Waals surface area contributed by atoms with Gasteiger partial charge in [0.05, 0.1) is 17.1 Å². The number of likely N-dealkylation sites (tertiary alicyclic amines) is 1. The highest BCUT2D eigenvalue weighted by Gasteiger charge is 2.31. The van der Waals surface area contributed by atoms with Crippen LogP contribution in [0.15, 0.2) is 91.3 Å². The maximum atomic E-state index is 12.9. The number of carbonyl (C=O) groups excluding carboxylic acids is 1. The summed E-state index contributed by atoms with van der Waals surface area (Å²) in [6.07, 6.45) is -4.55. The van der Waals surface area contributed by atoms with Crippen LogP contribution in [-0.4, -0.2) is 51.4 Å². The van der Waals surface area contributed by atoms with E-state index in [0.717, 1.165) is 54.7 Å². The highest BCUT2D eigenvalue weighted by atomic mass is 19.4. The minimum Gasteiger partial charge on any atom is -0.439 e. The molecule has 6 rings (SSSR count). The molecular formula is C36H33F6N5O2. The molecule has 256 valence electrons. The minimum atomic E-state index is -4.49. The summed E-state index contributed by atoms with van der Waals surface area (Å²) in [5.74, 6) is 0.0824. The number of benzene rings is 3. The molecule has 0 radical (unpaired) electrons. The lowest BCUT2D eigenvalue weighted by atomic mass is 9.91. The number of pyridine rings is 1. The molecule has 3 aromatic carbocycles. The number of nitrogens with zero attached hydrogens (tertiary/aromatic N) is 4. The number of piperidine rings is 1. The van der Waals surface area contributed by atoms with E-state index < -0.39 is 30.4 Å². The van der Waals surface area contributed by atoms with Crippen LogP contribution in [0.25, 0.3) is 10.9 Å². The molecular weight excluding hydrogens is 648 g/mol. The van der Waals surface area contributed by atoms with E-state index in [2.05, 4.69) is 27.1 Å². The summed E-state index contributed by atoms with van der Waals surface area (Å²) in [5, 5.41) is 7.34. The van der Waals surface area contributed by atoms with Gasteiger partial charge < -0.3 is 10.1 Å². The number of ether oxygens (including phenoxy) is 1. The van der Waals surface area contributed by atoms with E-state index in [4.69, 9.17) is 4.74 Å². The molecule has 13 heteroatoms. The van der Waals surface area contributed by atoms with E-state index in [1.54, 1.807) is 25.1 Å². The molecule has 0 spiro atoms. The second-order valence-corrected chi connectivity index (χ2v) is 12.2. The Labute approximate surface area is 278 Å². The van der Waals surface area contributed by atoms with E-state index in [1.807, 2.05) is 46.5 Å². The quantitative estimate of drug-likeness (QED) is 0.159. The first kappa shape index (κ1) is 34.0. The number of nitrogens with one attached hydrogen (secondary N) is 1. The van der Waals surface area contributed by atoms with E-state index in [1.165, 1.54) is 12.1 Å². The fourth-order valence-electron chi connectivity index (χ4n) is 6.25. The molecule has 7 nitrogen and oxygen atoms in total. The fraction of sp³-hybridized carbons (Fsp3) is 0.306. The van der Waals surface area contributed by atoms with Gasteiger partial charge in [0, 0.05) is 36.0 Å². The van der Waals surface area contributed by atoms with Gasteiger partial charge >= 0.3 is 12.4 Å². The summed E-state index contributed by atoms with van der Waals surface area (Å²) >= 11 is 0. The summed E-state index contributed by atoms with van der Waals surface area (Å²) in [7, 11) is 0. The molecule has 3 heterocycles. The van der Waals surface area contributed by atoms with Gasteiger partial charge in [-0.3, -0.25) is 14.4 Å². The zero-order valence-electron chi connectivity index (χ0n) is 26.4. The van der Waals surface area contributed by atoms with Gasteiger partial charge in [0.25, 0.3) is 5.91 Å². The van der Waals surface area contributed by atoms with E-state index in [0.29, 0.717) is 29.3 Å². The van der Waals surface area contributed by atoms with Crippen molar-refractivity contribution in [1.82, 2.24) is 25.0 Å². The van der Waals surface area contributed by atoms with Crippen LogP contribution >= 0.6 is 0 Å². The average Bonchev–Trinajstić information content (AvgIpc) is 3.49. The van der Waals surface area contributed by atoms with Gasteiger partial charge in [-0.15, -0.1) is 0 Å². The number of alkyl halides is 6. The first-order chi connectivity index (χ1) is 23.3. The second-order valence-electron chi connectivity index (χ2n) is 12.2. The molecule has 1 aliphatic rings. The number of aromatic nitrogens is 3. The Morgan fingerprint density at radius 2 is 1.61 bits per heavy atom. The molecule has 1 N–H and O–H groups in total. The maximum Gasteiger partial charge on any atom is 0.417 e. The zero-order chi connectivity index (χ0) is 34.8. The highest BCUT2D eigenvalue weighted by molar-refractivity contribution is 6.00. The third-order valence-corrected chi connectivity index (χ3v) is 8.76. The molecule has 1 aliphatic heterocycles. The average molecular weight is 682 g/mol. The number of rotatable bonds is 9. The smallest absolute Gasteiger partial charge is 0.417 e. The van der Waals surface area contributed by atoms with Gasteiger partial charge in [-0.2, -0.15) is 31.4 Å². The lowest BCUT2D eigenvalue weighted by Crippen LogP contribution is -2.38. The van der Waals surface area contributed by atoms with Crippen LogP contribution < -0.4 is 10.1 Å². The van der Waals surface area contributed by atoms with E-state index >= 15 is 0 Å². The van der Waals surface area contributed by atoms with Crippen molar-refractivity contribution in [1.29, 1.82) is 0 Å². The summed E-state index contributed by atoms with van der Waals surface area (Å²) < 4.78 is 84.1.